The third kappa shape index (κ3) is 5.45. The van der Waals surface area contributed by atoms with Gasteiger partial charge in [0.1, 0.15) is 22.2 Å². The Kier molecular flexibility index (Phi) is 8.06. The Morgan fingerprint density at radius 2 is 1.79 bits per heavy atom. The van der Waals surface area contributed by atoms with Crippen molar-refractivity contribution in [3.05, 3.63) is 70.1 Å². The third-order valence-electron chi connectivity index (χ3n) is 4.94. The number of rotatable bonds is 8. The largest absolute Gasteiger partial charge is 0.493 e. The molecule has 0 aliphatic rings. The topological polar surface area (TPSA) is 97.7 Å². The molecule has 3 aromatic rings. The lowest BCUT2D eigenvalue weighted by Gasteiger charge is -2.09. The van der Waals surface area contributed by atoms with Gasteiger partial charge in [-0.1, -0.05) is 35.9 Å². The second kappa shape index (κ2) is 11.2. The van der Waals surface area contributed by atoms with Crippen molar-refractivity contribution in [3.8, 4) is 28.7 Å². The molecule has 34 heavy (non-hydrogen) atoms. The quantitative estimate of drug-likeness (QED) is 0.263. The van der Waals surface area contributed by atoms with Crippen LogP contribution in [-0.2, 0) is 9.53 Å². The summed E-state index contributed by atoms with van der Waals surface area (Å²) in [6.45, 7) is 3.88. The van der Waals surface area contributed by atoms with E-state index in [2.05, 4.69) is 5.32 Å². The van der Waals surface area contributed by atoms with Crippen molar-refractivity contribution in [2.24, 2.45) is 0 Å². The minimum atomic E-state index is -0.639. The molecule has 0 saturated heterocycles. The smallest absolute Gasteiger partial charge is 0.341 e. The van der Waals surface area contributed by atoms with Crippen LogP contribution in [-0.4, -0.2) is 32.7 Å². The van der Waals surface area contributed by atoms with Crippen molar-refractivity contribution in [1.82, 2.24) is 0 Å². The molecule has 0 aliphatic carbocycles. The second-order valence-electron chi connectivity index (χ2n) is 7.18. The molecule has 1 heterocycles. The van der Waals surface area contributed by atoms with Gasteiger partial charge >= 0.3 is 5.97 Å². The van der Waals surface area contributed by atoms with Gasteiger partial charge in [-0.25, -0.2) is 4.79 Å². The molecule has 1 N–H and O–H groups in total. The predicted molar refractivity (Wildman–Crippen MR) is 132 cm³/mol. The highest BCUT2D eigenvalue weighted by molar-refractivity contribution is 7.15. The molecule has 7 nitrogen and oxygen atoms in total. The van der Waals surface area contributed by atoms with Crippen LogP contribution in [0.2, 0.25) is 0 Å². The summed E-state index contributed by atoms with van der Waals surface area (Å²) in [7, 11) is 3.02. The molecule has 0 saturated carbocycles. The molecule has 0 spiro atoms. The number of nitrogens with one attached hydrogen (secondary N) is 1. The van der Waals surface area contributed by atoms with Gasteiger partial charge in [-0.2, -0.15) is 5.26 Å². The Morgan fingerprint density at radius 1 is 1.09 bits per heavy atom. The highest BCUT2D eigenvalue weighted by atomic mass is 32.1. The van der Waals surface area contributed by atoms with Crippen LogP contribution < -0.4 is 14.8 Å². The molecule has 174 valence electrons. The summed E-state index contributed by atoms with van der Waals surface area (Å²) < 4.78 is 15.7. The number of hydrogen-bond donors (Lipinski definition) is 1. The number of anilines is 1. The zero-order valence-electron chi connectivity index (χ0n) is 19.3. The summed E-state index contributed by atoms with van der Waals surface area (Å²) in [6, 6.07) is 14.7. The zero-order valence-corrected chi connectivity index (χ0v) is 20.1. The molecular formula is C26H24N2O5S. The molecule has 0 aliphatic heterocycles. The number of methoxy groups -OCH3 is 2. The number of benzene rings is 2. The van der Waals surface area contributed by atoms with Gasteiger partial charge in [0, 0.05) is 10.9 Å². The maximum atomic E-state index is 12.9. The van der Waals surface area contributed by atoms with Crippen LogP contribution in [0.4, 0.5) is 5.00 Å². The van der Waals surface area contributed by atoms with Gasteiger partial charge in [-0.15, -0.1) is 11.3 Å². The van der Waals surface area contributed by atoms with E-state index in [1.54, 1.807) is 30.5 Å². The normalized spacial score (nSPS) is 10.9. The third-order valence-corrected chi connectivity index (χ3v) is 5.84. The van der Waals surface area contributed by atoms with Crippen molar-refractivity contribution >= 4 is 34.3 Å². The van der Waals surface area contributed by atoms with E-state index in [0.29, 0.717) is 27.6 Å². The summed E-state index contributed by atoms with van der Waals surface area (Å²) >= 11 is 1.20. The summed E-state index contributed by atoms with van der Waals surface area (Å²) in [5.74, 6) is -0.180. The molecule has 0 atom stereocenters. The molecule has 1 amide bonds. The van der Waals surface area contributed by atoms with E-state index in [1.165, 1.54) is 31.6 Å². The van der Waals surface area contributed by atoms with Crippen LogP contribution in [0.1, 0.15) is 28.4 Å². The van der Waals surface area contributed by atoms with Crippen LogP contribution in [0.15, 0.2) is 53.4 Å². The first-order valence-electron chi connectivity index (χ1n) is 10.4. The highest BCUT2D eigenvalue weighted by Gasteiger charge is 2.24. The standard InChI is InChI=1S/C26H24N2O5S/c1-5-33-26(30)23-20(18-9-6-16(2)7-10-18)15-34-25(23)28-24(29)19(14-27)12-17-8-11-21(31-3)22(13-17)32-4/h6-13,15H,5H2,1-4H3,(H,28,29). The fraction of sp³-hybridized carbons (Fsp3) is 0.192. The maximum Gasteiger partial charge on any atom is 0.341 e. The Morgan fingerprint density at radius 3 is 2.41 bits per heavy atom. The van der Waals surface area contributed by atoms with Gasteiger partial charge in [-0.05, 0) is 43.2 Å². The molecule has 8 heteroatoms. The number of nitrogens with zero attached hydrogens (tertiary/aromatic N) is 1. The minimum Gasteiger partial charge on any atom is -0.493 e. The molecule has 1 aromatic heterocycles. The maximum absolute atomic E-state index is 12.9. The van der Waals surface area contributed by atoms with E-state index in [0.717, 1.165) is 11.1 Å². The summed E-state index contributed by atoms with van der Waals surface area (Å²) in [5.41, 5.74) is 3.28. The number of aryl methyl sites for hydroxylation is 1. The molecular weight excluding hydrogens is 452 g/mol. The number of ether oxygens (including phenoxy) is 3. The molecule has 3 rings (SSSR count). The van der Waals surface area contributed by atoms with E-state index in [4.69, 9.17) is 14.2 Å². The fourth-order valence-corrected chi connectivity index (χ4v) is 4.18. The van der Waals surface area contributed by atoms with Gasteiger partial charge in [0.15, 0.2) is 11.5 Å². The lowest BCUT2D eigenvalue weighted by atomic mass is 10.0. The number of amides is 1. The Bertz CT molecular complexity index is 1270. The van der Waals surface area contributed by atoms with Crippen LogP contribution >= 0.6 is 11.3 Å². The van der Waals surface area contributed by atoms with Crippen molar-refractivity contribution in [3.63, 3.8) is 0 Å². The number of thiophene rings is 1. The minimum absolute atomic E-state index is 0.132. The first kappa shape index (κ1) is 24.6. The highest BCUT2D eigenvalue weighted by Crippen LogP contribution is 2.37. The average molecular weight is 477 g/mol. The van der Waals surface area contributed by atoms with Gasteiger partial charge < -0.3 is 19.5 Å². The number of esters is 1. The van der Waals surface area contributed by atoms with Crippen molar-refractivity contribution in [2.75, 3.05) is 26.1 Å². The SMILES string of the molecule is CCOC(=O)c1c(-c2ccc(C)cc2)csc1NC(=O)C(C#N)=Cc1ccc(OC)c(OC)c1. The van der Waals surface area contributed by atoms with Crippen LogP contribution in [0.25, 0.3) is 17.2 Å². The van der Waals surface area contributed by atoms with Crippen molar-refractivity contribution in [1.29, 1.82) is 5.26 Å². The summed E-state index contributed by atoms with van der Waals surface area (Å²) in [6.07, 6.45) is 1.44. The van der Waals surface area contributed by atoms with Gasteiger partial charge in [0.05, 0.1) is 20.8 Å². The Hall–Kier alpha value is -4.09. The average Bonchev–Trinajstić information content (AvgIpc) is 3.26. The molecule has 0 fully saturated rings. The van der Waals surface area contributed by atoms with Gasteiger partial charge in [0.25, 0.3) is 5.91 Å². The van der Waals surface area contributed by atoms with Crippen LogP contribution in [0, 0.1) is 18.3 Å². The zero-order chi connectivity index (χ0) is 24.7. The number of carbonyl (C=O) groups is 2. The molecule has 0 bridgehead atoms. The lowest BCUT2D eigenvalue weighted by Crippen LogP contribution is -2.16. The second-order valence-corrected chi connectivity index (χ2v) is 8.06. The van der Waals surface area contributed by atoms with Gasteiger partial charge in [-0.3, -0.25) is 4.79 Å². The lowest BCUT2D eigenvalue weighted by molar-refractivity contribution is -0.112. The summed E-state index contributed by atoms with van der Waals surface area (Å²) in [5, 5.41) is 14.4. The Balaban J connectivity index is 1.95. The van der Waals surface area contributed by atoms with Crippen molar-refractivity contribution < 1.29 is 23.8 Å². The summed E-state index contributed by atoms with van der Waals surface area (Å²) in [4.78, 5) is 25.7. The Labute approximate surface area is 202 Å². The predicted octanol–water partition coefficient (Wildman–Crippen LogP) is 5.46. The van der Waals surface area contributed by atoms with E-state index in [9.17, 15) is 14.9 Å². The van der Waals surface area contributed by atoms with E-state index in [1.807, 2.05) is 37.3 Å². The van der Waals surface area contributed by atoms with Gasteiger partial charge in [0.2, 0.25) is 0 Å². The van der Waals surface area contributed by atoms with E-state index >= 15 is 0 Å². The van der Waals surface area contributed by atoms with Crippen LogP contribution in [0.5, 0.6) is 11.5 Å². The molecule has 0 radical (unpaired) electrons. The monoisotopic (exact) mass is 476 g/mol. The number of hydrogen-bond acceptors (Lipinski definition) is 7. The van der Waals surface area contributed by atoms with Crippen molar-refractivity contribution in [2.45, 2.75) is 13.8 Å². The fourth-order valence-electron chi connectivity index (χ4n) is 3.23. The molecule has 2 aromatic carbocycles. The number of carbonyl (C=O) groups excluding carboxylic acids is 2. The first-order chi connectivity index (χ1) is 16.4. The number of nitriles is 1. The van der Waals surface area contributed by atoms with Crippen LogP contribution in [0.3, 0.4) is 0 Å². The first-order valence-corrected chi connectivity index (χ1v) is 11.3. The van der Waals surface area contributed by atoms with E-state index in [-0.39, 0.29) is 17.7 Å². The molecule has 0 unspecified atom stereocenters. The van der Waals surface area contributed by atoms with E-state index < -0.39 is 11.9 Å².